The highest BCUT2D eigenvalue weighted by Crippen LogP contribution is 2.30. The van der Waals surface area contributed by atoms with Gasteiger partial charge in [-0.1, -0.05) is 0 Å². The molecule has 8 heteroatoms. The zero-order chi connectivity index (χ0) is 18.0. The van der Waals surface area contributed by atoms with Crippen molar-refractivity contribution >= 4 is 17.8 Å². The summed E-state index contributed by atoms with van der Waals surface area (Å²) >= 11 is 0. The Balaban J connectivity index is 1.74. The highest BCUT2D eigenvalue weighted by Gasteiger charge is 2.35. The Morgan fingerprint density at radius 2 is 2.24 bits per heavy atom. The van der Waals surface area contributed by atoms with Gasteiger partial charge in [-0.2, -0.15) is 0 Å². The summed E-state index contributed by atoms with van der Waals surface area (Å²) in [5.74, 6) is -1.35. The average Bonchev–Trinajstić information content (AvgIpc) is 3.16. The Labute approximate surface area is 144 Å². The predicted molar refractivity (Wildman–Crippen MR) is 88.1 cm³/mol. The number of amides is 2. The Morgan fingerprint density at radius 1 is 1.44 bits per heavy atom. The number of benzene rings is 1. The van der Waals surface area contributed by atoms with Crippen LogP contribution in [0, 0.1) is 0 Å². The maximum absolute atomic E-state index is 12.6. The van der Waals surface area contributed by atoms with E-state index in [4.69, 9.17) is 15.6 Å². The maximum Gasteiger partial charge on any atom is 0.303 e. The van der Waals surface area contributed by atoms with E-state index < -0.39 is 17.9 Å². The number of hydrogen-bond acceptors (Lipinski definition) is 5. The molecule has 0 aliphatic carbocycles. The lowest BCUT2D eigenvalue weighted by Gasteiger charge is -2.24. The second kappa shape index (κ2) is 7.10. The second-order valence-electron chi connectivity index (χ2n) is 6.34. The minimum atomic E-state index is -1.03. The zero-order valence-electron chi connectivity index (χ0n) is 13.7. The fraction of sp³-hybridized carbons (Fsp3) is 0.471. The summed E-state index contributed by atoms with van der Waals surface area (Å²) in [4.78, 5) is 36.4. The third kappa shape index (κ3) is 3.74. The van der Waals surface area contributed by atoms with Crippen LogP contribution in [0.5, 0.6) is 5.75 Å². The van der Waals surface area contributed by atoms with E-state index in [2.05, 4.69) is 5.32 Å². The number of hydrogen-bond donors (Lipinski definition) is 3. The van der Waals surface area contributed by atoms with Crippen molar-refractivity contribution in [3.8, 4) is 5.75 Å². The van der Waals surface area contributed by atoms with Crippen LogP contribution in [0.3, 0.4) is 0 Å². The van der Waals surface area contributed by atoms with Crippen LogP contribution in [-0.2, 0) is 16.1 Å². The number of ether oxygens (including phenoxy) is 1. The fourth-order valence-corrected chi connectivity index (χ4v) is 3.28. The summed E-state index contributed by atoms with van der Waals surface area (Å²) in [6.07, 6.45) is 0.819. The van der Waals surface area contributed by atoms with E-state index in [1.54, 1.807) is 18.2 Å². The third-order valence-electron chi connectivity index (χ3n) is 4.56. The van der Waals surface area contributed by atoms with E-state index >= 15 is 0 Å². The van der Waals surface area contributed by atoms with Gasteiger partial charge in [0.15, 0.2) is 0 Å². The van der Waals surface area contributed by atoms with Crippen molar-refractivity contribution < 1.29 is 24.2 Å². The van der Waals surface area contributed by atoms with Crippen molar-refractivity contribution in [2.24, 2.45) is 5.73 Å². The summed E-state index contributed by atoms with van der Waals surface area (Å²) in [5.41, 5.74) is 6.64. The predicted octanol–water partition coefficient (Wildman–Crippen LogP) is 0.102. The Morgan fingerprint density at radius 3 is 2.88 bits per heavy atom. The number of fused-ring (bicyclic) bond motifs is 1. The van der Waals surface area contributed by atoms with E-state index in [9.17, 15) is 14.4 Å². The number of nitrogens with two attached hydrogens (primary N) is 1. The third-order valence-corrected chi connectivity index (χ3v) is 4.56. The van der Waals surface area contributed by atoms with Crippen molar-refractivity contribution in [3.05, 3.63) is 29.3 Å². The summed E-state index contributed by atoms with van der Waals surface area (Å²) in [5, 5.41) is 12.0. The molecule has 1 saturated heterocycles. The molecule has 1 aromatic carbocycles. The Kier molecular flexibility index (Phi) is 4.89. The quantitative estimate of drug-likeness (QED) is 0.643. The van der Waals surface area contributed by atoms with Gasteiger partial charge in [-0.25, -0.2) is 0 Å². The van der Waals surface area contributed by atoms with Crippen LogP contribution in [0.1, 0.15) is 35.2 Å². The number of carboxylic acid groups (broad SMARTS) is 1. The van der Waals surface area contributed by atoms with Crippen LogP contribution < -0.4 is 15.8 Å². The first-order valence-electron chi connectivity index (χ1n) is 8.28. The normalized spacial score (nSPS) is 20.4. The van der Waals surface area contributed by atoms with Gasteiger partial charge in [-0.3, -0.25) is 14.4 Å². The molecule has 2 heterocycles. The SMILES string of the molecule is NC(=O)C(CCC(=O)O)N1Cc2cc(O[C@H]3CCNC3)ccc2C1=O. The van der Waals surface area contributed by atoms with Crippen LogP contribution in [0.2, 0.25) is 0 Å². The topological polar surface area (TPSA) is 122 Å². The van der Waals surface area contributed by atoms with E-state index in [1.807, 2.05) is 0 Å². The molecule has 0 radical (unpaired) electrons. The monoisotopic (exact) mass is 347 g/mol. The largest absolute Gasteiger partial charge is 0.489 e. The van der Waals surface area contributed by atoms with Gasteiger partial charge in [0, 0.05) is 25.1 Å². The van der Waals surface area contributed by atoms with E-state index in [0.29, 0.717) is 11.3 Å². The molecule has 4 N–H and O–H groups in total. The number of nitrogens with one attached hydrogen (secondary N) is 1. The van der Waals surface area contributed by atoms with Crippen LogP contribution >= 0.6 is 0 Å². The molecular formula is C17H21N3O5. The van der Waals surface area contributed by atoms with Gasteiger partial charge >= 0.3 is 5.97 Å². The van der Waals surface area contributed by atoms with Crippen molar-refractivity contribution in [1.82, 2.24) is 10.2 Å². The second-order valence-corrected chi connectivity index (χ2v) is 6.34. The molecule has 2 atom stereocenters. The highest BCUT2D eigenvalue weighted by atomic mass is 16.5. The molecule has 25 heavy (non-hydrogen) atoms. The molecule has 8 nitrogen and oxygen atoms in total. The Bertz CT molecular complexity index is 700. The lowest BCUT2D eigenvalue weighted by Crippen LogP contribution is -2.45. The van der Waals surface area contributed by atoms with Gasteiger partial charge in [0.1, 0.15) is 17.9 Å². The molecule has 2 aliphatic rings. The van der Waals surface area contributed by atoms with Crippen LogP contribution in [0.15, 0.2) is 18.2 Å². The zero-order valence-corrected chi connectivity index (χ0v) is 13.7. The first-order chi connectivity index (χ1) is 12.0. The number of primary amides is 1. The van der Waals surface area contributed by atoms with Gasteiger partial charge in [0.05, 0.1) is 0 Å². The standard InChI is InChI=1S/C17H21N3O5/c18-16(23)14(3-4-15(21)22)20-9-10-7-11(1-2-13(10)17(20)24)25-12-5-6-19-8-12/h1-2,7,12,14,19H,3-6,8-9H2,(H2,18,23)(H,21,22)/t12-,14?/m0/s1. The number of nitrogens with zero attached hydrogens (tertiary/aromatic N) is 1. The molecule has 2 aliphatic heterocycles. The van der Waals surface area contributed by atoms with Gasteiger partial charge in [0.2, 0.25) is 5.91 Å². The van der Waals surface area contributed by atoms with Crippen LogP contribution in [0.25, 0.3) is 0 Å². The number of rotatable bonds is 7. The molecule has 0 bridgehead atoms. The number of carbonyl (C=O) groups excluding carboxylic acids is 2. The average molecular weight is 347 g/mol. The summed E-state index contributed by atoms with van der Waals surface area (Å²) in [7, 11) is 0. The molecule has 1 unspecified atom stereocenters. The van der Waals surface area contributed by atoms with Gasteiger partial charge in [0.25, 0.3) is 5.91 Å². The first-order valence-corrected chi connectivity index (χ1v) is 8.28. The minimum absolute atomic E-state index is 0.00148. The lowest BCUT2D eigenvalue weighted by molar-refractivity contribution is -0.137. The number of carbonyl (C=O) groups is 3. The first kappa shape index (κ1) is 17.2. The maximum atomic E-state index is 12.6. The van der Waals surface area contributed by atoms with Crippen molar-refractivity contribution in [2.75, 3.05) is 13.1 Å². The molecule has 2 amide bonds. The van der Waals surface area contributed by atoms with Crippen molar-refractivity contribution in [1.29, 1.82) is 0 Å². The van der Waals surface area contributed by atoms with Crippen LogP contribution in [0.4, 0.5) is 0 Å². The van der Waals surface area contributed by atoms with Crippen molar-refractivity contribution in [3.63, 3.8) is 0 Å². The number of aliphatic carboxylic acids is 1. The molecule has 0 saturated carbocycles. The molecule has 0 aromatic heterocycles. The number of carboxylic acids is 1. The van der Waals surface area contributed by atoms with E-state index in [-0.39, 0.29) is 31.4 Å². The van der Waals surface area contributed by atoms with Gasteiger partial charge in [-0.05, 0) is 43.1 Å². The van der Waals surface area contributed by atoms with Crippen LogP contribution in [-0.4, -0.2) is 53.0 Å². The lowest BCUT2D eigenvalue weighted by atomic mass is 10.1. The molecular weight excluding hydrogens is 326 g/mol. The molecule has 134 valence electrons. The molecule has 0 spiro atoms. The highest BCUT2D eigenvalue weighted by molar-refractivity contribution is 6.01. The smallest absolute Gasteiger partial charge is 0.303 e. The summed E-state index contributed by atoms with van der Waals surface area (Å²) in [6, 6.07) is 4.31. The fourth-order valence-electron chi connectivity index (χ4n) is 3.28. The summed E-state index contributed by atoms with van der Waals surface area (Å²) < 4.78 is 5.90. The van der Waals surface area contributed by atoms with Crippen molar-refractivity contribution in [2.45, 2.75) is 38.0 Å². The van der Waals surface area contributed by atoms with E-state index in [1.165, 1.54) is 4.90 Å². The minimum Gasteiger partial charge on any atom is -0.489 e. The molecule has 1 fully saturated rings. The molecule has 1 aromatic rings. The summed E-state index contributed by atoms with van der Waals surface area (Å²) in [6.45, 7) is 1.94. The molecule has 3 rings (SSSR count). The van der Waals surface area contributed by atoms with Gasteiger partial charge < -0.3 is 25.8 Å². The van der Waals surface area contributed by atoms with E-state index in [0.717, 1.165) is 25.1 Å². The van der Waals surface area contributed by atoms with Gasteiger partial charge in [-0.15, -0.1) is 0 Å². The Hall–Kier alpha value is -2.61.